The molecule has 1 aliphatic carbocycles. The van der Waals surface area contributed by atoms with Gasteiger partial charge in [-0.3, -0.25) is 0 Å². The van der Waals surface area contributed by atoms with Gasteiger partial charge in [0.2, 0.25) is 0 Å². The lowest BCUT2D eigenvalue weighted by Gasteiger charge is -2.28. The Morgan fingerprint density at radius 1 is 1.47 bits per heavy atom. The molecule has 6 heteroatoms. The molecule has 2 rings (SSSR count). The quantitative estimate of drug-likeness (QED) is 0.785. The van der Waals surface area contributed by atoms with Gasteiger partial charge in [-0.1, -0.05) is 0 Å². The van der Waals surface area contributed by atoms with E-state index in [0.717, 1.165) is 18.1 Å². The third-order valence-electron chi connectivity index (χ3n) is 3.57. The zero-order valence-corrected chi connectivity index (χ0v) is 11.7. The van der Waals surface area contributed by atoms with Crippen molar-refractivity contribution in [3.05, 3.63) is 17.8 Å². The number of anilines is 2. The number of hydrogen-bond acceptors (Lipinski definition) is 5. The molecule has 0 atom stereocenters. The molecule has 0 saturated heterocycles. The number of thioether (sulfide) groups is 1. The first-order chi connectivity index (χ1) is 9.11. The van der Waals surface area contributed by atoms with Crippen molar-refractivity contribution in [2.45, 2.75) is 37.0 Å². The first-order valence-electron chi connectivity index (χ1n) is 6.39. The Morgan fingerprint density at radius 3 is 2.74 bits per heavy atom. The van der Waals surface area contributed by atoms with Gasteiger partial charge in [0.05, 0.1) is 11.3 Å². The van der Waals surface area contributed by atoms with Crippen molar-refractivity contribution in [3.63, 3.8) is 0 Å². The molecular formula is C13H19N3O2S. The van der Waals surface area contributed by atoms with Crippen LogP contribution in [0, 0.1) is 0 Å². The summed E-state index contributed by atoms with van der Waals surface area (Å²) in [6, 6.07) is 1.76. The molecule has 1 fully saturated rings. The molecule has 0 radical (unpaired) electrons. The minimum atomic E-state index is -1.02. The van der Waals surface area contributed by atoms with Gasteiger partial charge in [-0.05, 0) is 38.0 Å². The predicted molar refractivity (Wildman–Crippen MR) is 78.8 cm³/mol. The van der Waals surface area contributed by atoms with Gasteiger partial charge < -0.3 is 16.2 Å². The van der Waals surface area contributed by atoms with E-state index < -0.39 is 5.97 Å². The van der Waals surface area contributed by atoms with Gasteiger partial charge in [-0.25, -0.2) is 9.78 Å². The summed E-state index contributed by atoms with van der Waals surface area (Å²) in [5.74, 6) is -0.526. The number of nitrogens with zero attached hydrogens (tertiary/aromatic N) is 1. The van der Waals surface area contributed by atoms with E-state index in [-0.39, 0.29) is 11.3 Å². The summed E-state index contributed by atoms with van der Waals surface area (Å²) in [6.07, 6.45) is 8.13. The van der Waals surface area contributed by atoms with Gasteiger partial charge in [0, 0.05) is 17.5 Å². The van der Waals surface area contributed by atoms with Gasteiger partial charge >= 0.3 is 5.97 Å². The molecule has 104 valence electrons. The fourth-order valence-corrected chi connectivity index (χ4v) is 3.15. The van der Waals surface area contributed by atoms with Gasteiger partial charge in [-0.2, -0.15) is 11.8 Å². The third-order valence-corrected chi connectivity index (χ3v) is 4.71. The SMILES string of the molecule is CSC1CCC(Nc2nccc(C(=O)O)c2N)CC1. The van der Waals surface area contributed by atoms with E-state index in [2.05, 4.69) is 16.6 Å². The summed E-state index contributed by atoms with van der Waals surface area (Å²) < 4.78 is 0. The maximum absolute atomic E-state index is 11.0. The Hall–Kier alpha value is -1.43. The van der Waals surface area contributed by atoms with Crippen LogP contribution in [-0.2, 0) is 0 Å². The Bertz CT molecular complexity index is 459. The van der Waals surface area contributed by atoms with E-state index in [1.165, 1.54) is 25.1 Å². The zero-order chi connectivity index (χ0) is 13.8. The van der Waals surface area contributed by atoms with Crippen LogP contribution in [-0.4, -0.2) is 33.6 Å². The lowest BCUT2D eigenvalue weighted by atomic mass is 9.95. The molecule has 0 aromatic carbocycles. The standard InChI is InChI=1S/C13H19N3O2S/c1-19-9-4-2-8(3-5-9)16-12-11(14)10(13(17)18)6-7-15-12/h6-9H,2-5,14H2,1H3,(H,15,16)(H,17,18). The van der Waals surface area contributed by atoms with Crippen LogP contribution < -0.4 is 11.1 Å². The molecular weight excluding hydrogens is 262 g/mol. The van der Waals surface area contributed by atoms with E-state index in [9.17, 15) is 4.79 Å². The molecule has 0 unspecified atom stereocenters. The molecule has 0 amide bonds. The van der Waals surface area contributed by atoms with Crippen LogP contribution in [0.25, 0.3) is 0 Å². The van der Waals surface area contributed by atoms with Crippen molar-refractivity contribution in [2.75, 3.05) is 17.3 Å². The van der Waals surface area contributed by atoms with Gasteiger partial charge in [0.15, 0.2) is 0 Å². The Morgan fingerprint density at radius 2 is 2.16 bits per heavy atom. The molecule has 1 saturated carbocycles. The Labute approximate surface area is 117 Å². The fourth-order valence-electron chi connectivity index (χ4n) is 2.41. The summed E-state index contributed by atoms with van der Waals surface area (Å²) in [5, 5.41) is 13.0. The maximum Gasteiger partial charge on any atom is 0.337 e. The third kappa shape index (κ3) is 3.32. The van der Waals surface area contributed by atoms with E-state index in [1.807, 2.05) is 11.8 Å². The van der Waals surface area contributed by atoms with Crippen LogP contribution >= 0.6 is 11.8 Å². The number of carboxylic acid groups (broad SMARTS) is 1. The number of aromatic carboxylic acids is 1. The summed E-state index contributed by atoms with van der Waals surface area (Å²) in [4.78, 5) is 15.2. The van der Waals surface area contributed by atoms with Gasteiger partial charge in [0.25, 0.3) is 0 Å². The molecule has 1 aliphatic rings. The molecule has 1 aromatic rings. The predicted octanol–water partition coefficient (Wildman–Crippen LogP) is 2.45. The van der Waals surface area contributed by atoms with Gasteiger partial charge in [0.1, 0.15) is 5.82 Å². The first-order valence-corrected chi connectivity index (χ1v) is 7.67. The Balaban J connectivity index is 2.04. The van der Waals surface area contributed by atoms with Crippen LogP contribution in [0.4, 0.5) is 11.5 Å². The number of carbonyl (C=O) groups is 1. The largest absolute Gasteiger partial charge is 0.478 e. The molecule has 5 nitrogen and oxygen atoms in total. The lowest BCUT2D eigenvalue weighted by Crippen LogP contribution is -2.28. The summed E-state index contributed by atoms with van der Waals surface area (Å²) >= 11 is 1.92. The fraction of sp³-hybridized carbons (Fsp3) is 0.538. The van der Waals surface area contributed by atoms with Crippen LogP contribution in [0.1, 0.15) is 36.0 Å². The van der Waals surface area contributed by atoms with Crippen LogP contribution in [0.3, 0.4) is 0 Å². The first kappa shape index (κ1) is 14.0. The lowest BCUT2D eigenvalue weighted by molar-refractivity contribution is 0.0698. The normalized spacial score (nSPS) is 23.0. The molecule has 1 heterocycles. The minimum absolute atomic E-state index is 0.107. The number of nitrogens with one attached hydrogen (secondary N) is 1. The van der Waals surface area contributed by atoms with Crippen molar-refractivity contribution < 1.29 is 9.90 Å². The average Bonchev–Trinajstić information content (AvgIpc) is 2.41. The number of carboxylic acids is 1. The Kier molecular flexibility index (Phi) is 4.52. The van der Waals surface area contributed by atoms with Gasteiger partial charge in [-0.15, -0.1) is 0 Å². The van der Waals surface area contributed by atoms with Crippen molar-refractivity contribution in [3.8, 4) is 0 Å². The highest BCUT2D eigenvalue weighted by Gasteiger charge is 2.22. The summed E-state index contributed by atoms with van der Waals surface area (Å²) in [7, 11) is 0. The molecule has 1 aromatic heterocycles. The van der Waals surface area contributed by atoms with Crippen molar-refractivity contribution in [1.82, 2.24) is 4.98 Å². The highest BCUT2D eigenvalue weighted by atomic mass is 32.2. The number of pyridine rings is 1. The molecule has 0 bridgehead atoms. The van der Waals surface area contributed by atoms with E-state index in [4.69, 9.17) is 10.8 Å². The topological polar surface area (TPSA) is 88.2 Å². The number of aromatic nitrogens is 1. The highest BCUT2D eigenvalue weighted by Crippen LogP contribution is 2.30. The number of rotatable bonds is 4. The maximum atomic E-state index is 11.0. The van der Waals surface area contributed by atoms with Crippen LogP contribution in [0.2, 0.25) is 0 Å². The molecule has 4 N–H and O–H groups in total. The van der Waals surface area contributed by atoms with E-state index >= 15 is 0 Å². The summed E-state index contributed by atoms with van der Waals surface area (Å²) in [6.45, 7) is 0. The van der Waals surface area contributed by atoms with Crippen LogP contribution in [0.15, 0.2) is 12.3 Å². The monoisotopic (exact) mass is 281 g/mol. The second kappa shape index (κ2) is 6.14. The average molecular weight is 281 g/mol. The number of hydrogen-bond donors (Lipinski definition) is 3. The van der Waals surface area contributed by atoms with E-state index in [1.54, 1.807) is 0 Å². The molecule has 0 aliphatic heterocycles. The second-order valence-electron chi connectivity index (χ2n) is 4.78. The number of nitrogen functional groups attached to an aromatic ring is 1. The zero-order valence-electron chi connectivity index (χ0n) is 10.9. The highest BCUT2D eigenvalue weighted by molar-refractivity contribution is 7.99. The summed E-state index contributed by atoms with van der Waals surface area (Å²) in [5.41, 5.74) is 6.18. The minimum Gasteiger partial charge on any atom is -0.478 e. The second-order valence-corrected chi connectivity index (χ2v) is 5.92. The van der Waals surface area contributed by atoms with Crippen molar-refractivity contribution >= 4 is 29.2 Å². The van der Waals surface area contributed by atoms with Crippen LogP contribution in [0.5, 0.6) is 0 Å². The number of nitrogens with two attached hydrogens (primary N) is 1. The van der Waals surface area contributed by atoms with Crippen molar-refractivity contribution in [1.29, 1.82) is 0 Å². The van der Waals surface area contributed by atoms with E-state index in [0.29, 0.717) is 11.9 Å². The molecule has 0 spiro atoms. The van der Waals surface area contributed by atoms with Crippen molar-refractivity contribution in [2.24, 2.45) is 0 Å². The smallest absolute Gasteiger partial charge is 0.337 e. The molecule has 19 heavy (non-hydrogen) atoms.